The molecule has 0 amide bonds. The van der Waals surface area contributed by atoms with Crippen LogP contribution >= 0.6 is 0 Å². The minimum absolute atomic E-state index is 0.0746. The molecule has 9 atom stereocenters. The largest absolute Gasteiger partial charge is 0.392 e. The molecule has 0 radical (unpaired) electrons. The van der Waals surface area contributed by atoms with Gasteiger partial charge in [0, 0.05) is 16.7 Å². The fourth-order valence-electron chi connectivity index (χ4n) is 8.24. The van der Waals surface area contributed by atoms with Gasteiger partial charge in [0.05, 0.1) is 18.8 Å². The molecule has 6 fully saturated rings. The molecule has 27 heavy (non-hydrogen) atoms. The number of fused-ring (bicyclic) bond motifs is 2. The Morgan fingerprint density at radius 2 is 1.78 bits per heavy atom. The van der Waals surface area contributed by atoms with Gasteiger partial charge in [-0.05, 0) is 42.6 Å². The van der Waals surface area contributed by atoms with E-state index in [1.807, 2.05) is 6.92 Å². The van der Waals surface area contributed by atoms with Gasteiger partial charge >= 0.3 is 0 Å². The maximum Gasteiger partial charge on any atom is 0.208 e. The highest BCUT2D eigenvalue weighted by Gasteiger charge is 2.89. The lowest BCUT2D eigenvalue weighted by Crippen LogP contribution is -2.88. The van der Waals surface area contributed by atoms with E-state index in [2.05, 4.69) is 20.4 Å². The lowest BCUT2D eigenvalue weighted by atomic mass is 9.30. The number of rotatable bonds is 0. The summed E-state index contributed by atoms with van der Waals surface area (Å²) >= 11 is 0. The molecule has 6 heteroatoms. The van der Waals surface area contributed by atoms with Crippen molar-refractivity contribution in [1.82, 2.24) is 0 Å². The number of ether oxygens (including phenoxy) is 1. The number of ketones is 1. The highest BCUT2D eigenvalue weighted by atomic mass is 16.6. The fraction of sp³-hybridized carbons (Fsp3) is 0.857. The molecule has 2 aliphatic heterocycles. The van der Waals surface area contributed by atoms with E-state index in [9.17, 15) is 25.2 Å². The average Bonchev–Trinajstić information content (AvgIpc) is 2.72. The first kappa shape index (κ1) is 18.3. The second-order valence-electron chi connectivity index (χ2n) is 10.5. The Morgan fingerprint density at radius 1 is 1.11 bits per heavy atom. The Hall–Kier alpha value is -0.790. The zero-order chi connectivity index (χ0) is 19.8. The molecule has 0 aromatic heterocycles. The zero-order valence-electron chi connectivity index (χ0n) is 16.2. The number of carbonyl (C=O) groups excluding carboxylic acids is 1. The molecule has 4 N–H and O–H groups in total. The van der Waals surface area contributed by atoms with Crippen LogP contribution in [0, 0.1) is 33.5 Å². The standard InChI is InChI=1S/C21H30O6/c1-10-11-5-6-12-19-9-27-21(26,20(12,14(10)23)15(11)24)16(25)18(19,4)17(2,3)8-7-13(19)22/h11-13,15-16,22,24-26H,1,5-9H2,2-4H3/t11?,12?,13-,15+,16-,18+,19+,20?,21-/m0/s1. The van der Waals surface area contributed by atoms with E-state index in [0.717, 1.165) is 0 Å². The van der Waals surface area contributed by atoms with E-state index in [-0.39, 0.29) is 12.0 Å². The Kier molecular flexibility index (Phi) is 3.16. The topological polar surface area (TPSA) is 107 Å². The molecule has 150 valence electrons. The SMILES string of the molecule is C=C1C(=O)C23C(CCC1[C@H]2O)[C@@]12CO[C@@]3(O)[C@@H](O)[C@]1(C)C(C)(C)CC[C@@H]2O. The van der Waals surface area contributed by atoms with Crippen LogP contribution in [0.4, 0.5) is 0 Å². The lowest BCUT2D eigenvalue weighted by Gasteiger charge is -2.78. The van der Waals surface area contributed by atoms with E-state index in [4.69, 9.17) is 4.74 Å². The highest BCUT2D eigenvalue weighted by molar-refractivity contribution is 6.05. The smallest absolute Gasteiger partial charge is 0.208 e. The summed E-state index contributed by atoms with van der Waals surface area (Å²) < 4.78 is 5.87. The van der Waals surface area contributed by atoms with Crippen molar-refractivity contribution >= 4 is 5.78 Å². The minimum Gasteiger partial charge on any atom is -0.392 e. The molecule has 2 heterocycles. The fourth-order valence-corrected chi connectivity index (χ4v) is 8.24. The second kappa shape index (κ2) is 4.68. The summed E-state index contributed by atoms with van der Waals surface area (Å²) in [6.45, 7) is 10.0. The van der Waals surface area contributed by atoms with Crippen LogP contribution in [-0.2, 0) is 9.53 Å². The van der Waals surface area contributed by atoms with Gasteiger partial charge in [0.1, 0.15) is 11.5 Å². The Balaban J connectivity index is 1.86. The van der Waals surface area contributed by atoms with Crippen molar-refractivity contribution in [3.8, 4) is 0 Å². The van der Waals surface area contributed by atoms with Crippen molar-refractivity contribution in [3.63, 3.8) is 0 Å². The average molecular weight is 378 g/mol. The molecule has 6 nitrogen and oxygen atoms in total. The van der Waals surface area contributed by atoms with E-state index in [1.165, 1.54) is 0 Å². The van der Waals surface area contributed by atoms with E-state index < -0.39 is 58.0 Å². The summed E-state index contributed by atoms with van der Waals surface area (Å²) in [6, 6.07) is 0. The quantitative estimate of drug-likeness (QED) is 0.464. The maximum absolute atomic E-state index is 13.4. The van der Waals surface area contributed by atoms with Gasteiger partial charge in [-0.1, -0.05) is 27.4 Å². The number of Topliss-reactive ketones (excluding diaryl/α,β-unsaturated/α-hetero) is 1. The first-order valence-electron chi connectivity index (χ1n) is 10.1. The molecule has 6 aliphatic rings. The van der Waals surface area contributed by atoms with E-state index in [0.29, 0.717) is 31.3 Å². The third-order valence-electron chi connectivity index (χ3n) is 9.95. The normalized spacial score (nSPS) is 60.9. The van der Waals surface area contributed by atoms with Crippen LogP contribution in [0.25, 0.3) is 0 Å². The summed E-state index contributed by atoms with van der Waals surface area (Å²) in [5.41, 5.74) is -3.50. The van der Waals surface area contributed by atoms with Crippen LogP contribution in [0.15, 0.2) is 12.2 Å². The lowest BCUT2D eigenvalue weighted by molar-refractivity contribution is -0.481. The predicted octanol–water partition coefficient (Wildman–Crippen LogP) is 0.766. The number of carbonyl (C=O) groups is 1. The molecule has 3 unspecified atom stereocenters. The molecule has 6 rings (SSSR count). The van der Waals surface area contributed by atoms with Gasteiger partial charge in [0.15, 0.2) is 5.78 Å². The number of hydrogen-bond donors (Lipinski definition) is 4. The van der Waals surface area contributed by atoms with Crippen molar-refractivity contribution in [1.29, 1.82) is 0 Å². The Morgan fingerprint density at radius 3 is 2.44 bits per heavy atom. The first-order chi connectivity index (χ1) is 12.4. The molecule has 2 saturated heterocycles. The molecule has 4 bridgehead atoms. The number of aliphatic hydroxyl groups is 4. The van der Waals surface area contributed by atoms with Crippen LogP contribution in [0.5, 0.6) is 0 Å². The molecule has 2 spiro atoms. The molecule has 4 saturated carbocycles. The molecular weight excluding hydrogens is 348 g/mol. The minimum atomic E-state index is -2.18. The summed E-state index contributed by atoms with van der Waals surface area (Å²) in [5.74, 6) is -3.48. The number of aliphatic hydroxyl groups excluding tert-OH is 3. The maximum atomic E-state index is 13.4. The molecule has 0 aromatic rings. The highest BCUT2D eigenvalue weighted by Crippen LogP contribution is 2.80. The summed E-state index contributed by atoms with van der Waals surface area (Å²) in [6.07, 6.45) is -0.910. The molecule has 0 aromatic carbocycles. The summed E-state index contributed by atoms with van der Waals surface area (Å²) in [5, 5.41) is 45.8. The van der Waals surface area contributed by atoms with Crippen molar-refractivity contribution in [2.24, 2.45) is 33.5 Å². The summed E-state index contributed by atoms with van der Waals surface area (Å²) in [7, 11) is 0. The Bertz CT molecular complexity index is 762. The van der Waals surface area contributed by atoms with Crippen LogP contribution in [0.2, 0.25) is 0 Å². The first-order valence-corrected chi connectivity index (χ1v) is 10.1. The van der Waals surface area contributed by atoms with Gasteiger partial charge < -0.3 is 25.2 Å². The summed E-state index contributed by atoms with van der Waals surface area (Å²) in [4.78, 5) is 13.4. The van der Waals surface area contributed by atoms with Crippen LogP contribution in [0.3, 0.4) is 0 Å². The van der Waals surface area contributed by atoms with Crippen molar-refractivity contribution in [2.45, 2.75) is 70.6 Å². The van der Waals surface area contributed by atoms with Crippen molar-refractivity contribution < 1.29 is 30.0 Å². The van der Waals surface area contributed by atoms with Crippen molar-refractivity contribution in [2.75, 3.05) is 6.61 Å². The molecular formula is C21H30O6. The predicted molar refractivity (Wildman–Crippen MR) is 95.3 cm³/mol. The van der Waals surface area contributed by atoms with E-state index >= 15 is 0 Å². The van der Waals surface area contributed by atoms with Gasteiger partial charge in [-0.15, -0.1) is 0 Å². The monoisotopic (exact) mass is 378 g/mol. The second-order valence-corrected chi connectivity index (χ2v) is 10.5. The van der Waals surface area contributed by atoms with Crippen LogP contribution < -0.4 is 0 Å². The zero-order valence-corrected chi connectivity index (χ0v) is 16.2. The number of hydrogen-bond acceptors (Lipinski definition) is 6. The third-order valence-corrected chi connectivity index (χ3v) is 9.95. The van der Waals surface area contributed by atoms with Crippen molar-refractivity contribution in [3.05, 3.63) is 12.2 Å². The van der Waals surface area contributed by atoms with Crippen LogP contribution in [0.1, 0.15) is 46.5 Å². The molecule has 4 aliphatic carbocycles. The van der Waals surface area contributed by atoms with Gasteiger partial charge in [0.25, 0.3) is 0 Å². The van der Waals surface area contributed by atoms with Gasteiger partial charge in [0.2, 0.25) is 5.79 Å². The third kappa shape index (κ3) is 1.41. The van der Waals surface area contributed by atoms with Gasteiger partial charge in [-0.3, -0.25) is 4.79 Å². The van der Waals surface area contributed by atoms with Gasteiger partial charge in [-0.2, -0.15) is 0 Å². The Labute approximate surface area is 159 Å². The van der Waals surface area contributed by atoms with Gasteiger partial charge in [-0.25, -0.2) is 0 Å². The van der Waals surface area contributed by atoms with Crippen LogP contribution in [-0.4, -0.2) is 56.9 Å². The van der Waals surface area contributed by atoms with E-state index in [1.54, 1.807) is 0 Å².